The number of rotatable bonds is 6. The Bertz CT molecular complexity index is 411. The Hall–Kier alpha value is -0.970. The van der Waals surface area contributed by atoms with Crippen molar-refractivity contribution in [2.24, 2.45) is 0 Å². The van der Waals surface area contributed by atoms with Gasteiger partial charge in [0.15, 0.2) is 11.5 Å². The van der Waals surface area contributed by atoms with Gasteiger partial charge in [-0.1, -0.05) is 11.6 Å². The summed E-state index contributed by atoms with van der Waals surface area (Å²) >= 11 is 6.11. The Kier molecular flexibility index (Phi) is 4.69. The van der Waals surface area contributed by atoms with E-state index in [2.05, 4.69) is 5.32 Å². The molecule has 100 valence electrons. The summed E-state index contributed by atoms with van der Waals surface area (Å²) in [6.45, 7) is 6.55. The van der Waals surface area contributed by atoms with Crippen molar-refractivity contribution in [1.82, 2.24) is 5.32 Å². The molecule has 0 saturated heterocycles. The van der Waals surface area contributed by atoms with E-state index in [4.69, 9.17) is 25.8 Å². The fourth-order valence-electron chi connectivity index (χ4n) is 1.89. The Balaban J connectivity index is 1.88. The summed E-state index contributed by atoms with van der Waals surface area (Å²) in [6.07, 6.45) is 0.208. The molecule has 0 aromatic heterocycles. The summed E-state index contributed by atoms with van der Waals surface area (Å²) in [4.78, 5) is 0. The first-order valence-corrected chi connectivity index (χ1v) is 6.48. The number of ether oxygens (including phenoxy) is 3. The van der Waals surface area contributed by atoms with Crippen LogP contribution in [0.15, 0.2) is 12.1 Å². The van der Waals surface area contributed by atoms with Crippen molar-refractivity contribution < 1.29 is 14.2 Å². The van der Waals surface area contributed by atoms with Crippen LogP contribution in [0.25, 0.3) is 0 Å². The summed E-state index contributed by atoms with van der Waals surface area (Å²) in [7, 11) is 0. The summed E-state index contributed by atoms with van der Waals surface area (Å²) in [6, 6.07) is 3.85. The quantitative estimate of drug-likeness (QED) is 0.863. The van der Waals surface area contributed by atoms with Crippen molar-refractivity contribution in [1.29, 1.82) is 0 Å². The van der Waals surface area contributed by atoms with Crippen molar-refractivity contribution in [2.45, 2.75) is 26.5 Å². The highest BCUT2D eigenvalue weighted by atomic mass is 35.5. The molecule has 0 aliphatic carbocycles. The molecule has 0 radical (unpaired) electrons. The Morgan fingerprint density at radius 2 is 2.28 bits per heavy atom. The van der Waals surface area contributed by atoms with E-state index in [0.29, 0.717) is 10.8 Å². The zero-order chi connectivity index (χ0) is 13.0. The van der Waals surface area contributed by atoms with Gasteiger partial charge in [-0.15, -0.1) is 0 Å². The van der Waals surface area contributed by atoms with E-state index in [-0.39, 0.29) is 12.9 Å². The minimum Gasteiger partial charge on any atom is -0.454 e. The number of hydrogen-bond donors (Lipinski definition) is 1. The van der Waals surface area contributed by atoms with E-state index in [1.807, 2.05) is 26.0 Å². The van der Waals surface area contributed by atoms with E-state index in [0.717, 1.165) is 31.0 Å². The fraction of sp³-hybridized carbons (Fsp3) is 0.538. The van der Waals surface area contributed by atoms with E-state index < -0.39 is 0 Å². The normalized spacial score (nSPS) is 14.8. The highest BCUT2D eigenvalue weighted by molar-refractivity contribution is 6.32. The molecule has 1 heterocycles. The third kappa shape index (κ3) is 3.28. The van der Waals surface area contributed by atoms with E-state index in [1.54, 1.807) is 0 Å². The second kappa shape index (κ2) is 6.27. The van der Waals surface area contributed by atoms with Crippen LogP contribution < -0.4 is 14.8 Å². The van der Waals surface area contributed by atoms with E-state index >= 15 is 0 Å². The lowest BCUT2D eigenvalue weighted by atomic mass is 10.2. The SMILES string of the molecule is CCOC(C)CNCc1cc(Cl)c2c(c1)OCO2. The van der Waals surface area contributed by atoms with Crippen LogP contribution in [0.1, 0.15) is 19.4 Å². The maximum atomic E-state index is 6.11. The molecule has 0 bridgehead atoms. The van der Waals surface area contributed by atoms with Crippen LogP contribution in [0.5, 0.6) is 11.5 Å². The van der Waals surface area contributed by atoms with Gasteiger partial charge in [0.2, 0.25) is 6.79 Å². The van der Waals surface area contributed by atoms with E-state index in [9.17, 15) is 0 Å². The number of halogens is 1. The predicted molar refractivity (Wildman–Crippen MR) is 70.4 cm³/mol. The summed E-state index contributed by atoms with van der Waals surface area (Å²) < 4.78 is 16.0. The standard InChI is InChI=1S/C13H18ClNO3/c1-3-16-9(2)6-15-7-10-4-11(14)13-12(5-10)17-8-18-13/h4-5,9,15H,3,6-8H2,1-2H3. The summed E-state index contributed by atoms with van der Waals surface area (Å²) in [5, 5.41) is 3.92. The van der Waals surface area contributed by atoms with Crippen molar-refractivity contribution in [3.8, 4) is 11.5 Å². The third-order valence-corrected chi connectivity index (χ3v) is 2.98. The van der Waals surface area contributed by atoms with Crippen molar-refractivity contribution in [3.05, 3.63) is 22.7 Å². The maximum Gasteiger partial charge on any atom is 0.231 e. The van der Waals surface area contributed by atoms with Crippen molar-refractivity contribution >= 4 is 11.6 Å². The topological polar surface area (TPSA) is 39.7 Å². The van der Waals surface area contributed by atoms with Crippen LogP contribution in [0.3, 0.4) is 0 Å². The molecule has 1 aliphatic heterocycles. The first-order valence-electron chi connectivity index (χ1n) is 6.11. The van der Waals surface area contributed by atoms with Crippen LogP contribution in [0.2, 0.25) is 5.02 Å². The molecule has 1 unspecified atom stereocenters. The molecule has 5 heteroatoms. The number of benzene rings is 1. The number of fused-ring (bicyclic) bond motifs is 1. The van der Waals surface area contributed by atoms with Crippen LogP contribution in [-0.2, 0) is 11.3 Å². The lowest BCUT2D eigenvalue weighted by Crippen LogP contribution is -2.26. The lowest BCUT2D eigenvalue weighted by Gasteiger charge is -2.13. The first-order chi connectivity index (χ1) is 8.70. The van der Waals surface area contributed by atoms with E-state index in [1.165, 1.54) is 0 Å². The molecule has 2 rings (SSSR count). The Morgan fingerprint density at radius 1 is 1.44 bits per heavy atom. The minimum absolute atomic E-state index is 0.208. The van der Waals surface area contributed by atoms with Gasteiger partial charge in [0.05, 0.1) is 11.1 Å². The van der Waals surface area contributed by atoms with Crippen LogP contribution in [0.4, 0.5) is 0 Å². The number of nitrogens with one attached hydrogen (secondary N) is 1. The largest absolute Gasteiger partial charge is 0.454 e. The van der Waals surface area contributed by atoms with Crippen molar-refractivity contribution in [2.75, 3.05) is 19.9 Å². The molecule has 1 atom stereocenters. The van der Waals surface area contributed by atoms with Gasteiger partial charge in [-0.25, -0.2) is 0 Å². The summed E-state index contributed by atoms with van der Waals surface area (Å²) in [5.74, 6) is 1.36. The molecule has 1 N–H and O–H groups in total. The average Bonchev–Trinajstić information content (AvgIpc) is 2.78. The van der Waals surface area contributed by atoms with Gasteiger partial charge in [0, 0.05) is 19.7 Å². The molecule has 0 saturated carbocycles. The molecule has 0 fully saturated rings. The summed E-state index contributed by atoms with van der Waals surface area (Å²) in [5.41, 5.74) is 1.08. The molecular weight excluding hydrogens is 254 g/mol. The Labute approximate surface area is 112 Å². The van der Waals surface area contributed by atoms with Gasteiger partial charge in [0.1, 0.15) is 0 Å². The second-order valence-corrected chi connectivity index (χ2v) is 4.62. The van der Waals surface area contributed by atoms with Crippen LogP contribution in [-0.4, -0.2) is 26.0 Å². The Morgan fingerprint density at radius 3 is 3.06 bits per heavy atom. The molecular formula is C13H18ClNO3. The zero-order valence-corrected chi connectivity index (χ0v) is 11.4. The lowest BCUT2D eigenvalue weighted by molar-refractivity contribution is 0.0759. The monoisotopic (exact) mass is 271 g/mol. The van der Waals surface area contributed by atoms with Crippen LogP contribution >= 0.6 is 11.6 Å². The zero-order valence-electron chi connectivity index (χ0n) is 10.7. The molecule has 18 heavy (non-hydrogen) atoms. The smallest absolute Gasteiger partial charge is 0.231 e. The predicted octanol–water partition coefficient (Wildman–Crippen LogP) is 2.58. The van der Waals surface area contributed by atoms with Gasteiger partial charge < -0.3 is 19.5 Å². The van der Waals surface area contributed by atoms with Crippen molar-refractivity contribution in [3.63, 3.8) is 0 Å². The molecule has 1 aromatic rings. The highest BCUT2D eigenvalue weighted by Crippen LogP contribution is 2.39. The fourth-order valence-corrected chi connectivity index (χ4v) is 2.17. The van der Waals surface area contributed by atoms with Gasteiger partial charge in [-0.05, 0) is 31.5 Å². The third-order valence-electron chi connectivity index (χ3n) is 2.70. The molecule has 0 spiro atoms. The second-order valence-electron chi connectivity index (χ2n) is 4.21. The first kappa shape index (κ1) is 13.5. The molecule has 4 nitrogen and oxygen atoms in total. The van der Waals surface area contributed by atoms with Gasteiger partial charge in [-0.2, -0.15) is 0 Å². The molecule has 1 aliphatic rings. The minimum atomic E-state index is 0.208. The molecule has 1 aromatic carbocycles. The highest BCUT2D eigenvalue weighted by Gasteiger charge is 2.18. The van der Waals surface area contributed by atoms with Gasteiger partial charge >= 0.3 is 0 Å². The molecule has 0 amide bonds. The van der Waals surface area contributed by atoms with Gasteiger partial charge in [-0.3, -0.25) is 0 Å². The average molecular weight is 272 g/mol. The van der Waals surface area contributed by atoms with Gasteiger partial charge in [0.25, 0.3) is 0 Å². The van der Waals surface area contributed by atoms with Crippen LogP contribution in [0, 0.1) is 0 Å². The number of hydrogen-bond acceptors (Lipinski definition) is 4. The maximum absolute atomic E-state index is 6.11.